The number of hydrogen-bond acceptors (Lipinski definition) is 3. The van der Waals surface area contributed by atoms with Crippen LogP contribution in [-0.2, 0) is 12.8 Å². The number of carbonyl (C=O) groups excluding carboxylic acids is 1. The zero-order chi connectivity index (χ0) is 19.0. The van der Waals surface area contributed by atoms with Gasteiger partial charge >= 0.3 is 0 Å². The van der Waals surface area contributed by atoms with Crippen LogP contribution >= 0.6 is 11.6 Å². The number of methoxy groups -OCH3 is 2. The van der Waals surface area contributed by atoms with Crippen molar-refractivity contribution in [2.45, 2.75) is 25.3 Å². The maximum atomic E-state index is 12.9. The molecule has 0 saturated heterocycles. The van der Waals surface area contributed by atoms with Crippen LogP contribution < -0.4 is 14.8 Å². The summed E-state index contributed by atoms with van der Waals surface area (Å²) in [6.45, 7) is 0. The van der Waals surface area contributed by atoms with Gasteiger partial charge in [0.25, 0.3) is 5.91 Å². The number of aromatic nitrogens is 1. The largest absolute Gasteiger partial charge is 0.496 e. The summed E-state index contributed by atoms with van der Waals surface area (Å²) >= 11 is 6.17. The maximum absolute atomic E-state index is 12.9. The fourth-order valence-corrected chi connectivity index (χ4v) is 4.02. The third-order valence-electron chi connectivity index (χ3n) is 5.14. The molecule has 1 aliphatic rings. The SMILES string of the molecule is COc1cccc(OC)c1C(=O)NC1CCc2[nH]c3ccc(Cl)cc3c2C1. The second-order valence-corrected chi connectivity index (χ2v) is 7.16. The topological polar surface area (TPSA) is 63.4 Å². The Morgan fingerprint density at radius 1 is 1.19 bits per heavy atom. The van der Waals surface area contributed by atoms with Gasteiger partial charge in [-0.1, -0.05) is 17.7 Å². The molecule has 1 unspecified atom stereocenters. The van der Waals surface area contributed by atoms with Crippen LogP contribution in [0.5, 0.6) is 11.5 Å². The van der Waals surface area contributed by atoms with Gasteiger partial charge in [-0.3, -0.25) is 4.79 Å². The van der Waals surface area contributed by atoms with Crippen LogP contribution in [0.2, 0.25) is 5.02 Å². The Kier molecular flexibility index (Phi) is 4.70. The number of rotatable bonds is 4. The van der Waals surface area contributed by atoms with Gasteiger partial charge in [0.05, 0.1) is 14.2 Å². The molecule has 0 bridgehead atoms. The summed E-state index contributed by atoms with van der Waals surface area (Å²) in [6.07, 6.45) is 2.52. The van der Waals surface area contributed by atoms with Crippen LogP contribution in [0.15, 0.2) is 36.4 Å². The molecule has 0 fully saturated rings. The van der Waals surface area contributed by atoms with Crippen LogP contribution in [0.25, 0.3) is 10.9 Å². The van der Waals surface area contributed by atoms with E-state index >= 15 is 0 Å². The minimum atomic E-state index is -0.185. The highest BCUT2D eigenvalue weighted by molar-refractivity contribution is 6.31. The number of hydrogen-bond donors (Lipinski definition) is 2. The van der Waals surface area contributed by atoms with Gasteiger partial charge in [0.1, 0.15) is 17.1 Å². The van der Waals surface area contributed by atoms with E-state index in [-0.39, 0.29) is 11.9 Å². The summed E-state index contributed by atoms with van der Waals surface area (Å²) in [5.74, 6) is 0.820. The van der Waals surface area contributed by atoms with E-state index < -0.39 is 0 Å². The summed E-state index contributed by atoms with van der Waals surface area (Å²) in [5, 5.41) is 5.00. The number of fused-ring (bicyclic) bond motifs is 3. The van der Waals surface area contributed by atoms with E-state index in [4.69, 9.17) is 21.1 Å². The fourth-order valence-electron chi connectivity index (χ4n) is 3.85. The van der Waals surface area contributed by atoms with E-state index in [1.54, 1.807) is 32.4 Å². The molecule has 2 aromatic carbocycles. The van der Waals surface area contributed by atoms with Crippen molar-refractivity contribution in [2.75, 3.05) is 14.2 Å². The van der Waals surface area contributed by atoms with Gasteiger partial charge in [0, 0.05) is 27.7 Å². The molecule has 4 rings (SSSR count). The number of halogens is 1. The predicted octanol–water partition coefficient (Wildman–Crippen LogP) is 4.13. The zero-order valence-corrected chi connectivity index (χ0v) is 16.0. The highest BCUT2D eigenvalue weighted by Gasteiger charge is 2.26. The molecule has 6 heteroatoms. The molecule has 0 spiro atoms. The van der Waals surface area contributed by atoms with Crippen LogP contribution in [0.1, 0.15) is 28.0 Å². The van der Waals surface area contributed by atoms with Gasteiger partial charge < -0.3 is 19.8 Å². The average molecular weight is 385 g/mol. The molecule has 1 aliphatic carbocycles. The van der Waals surface area contributed by atoms with E-state index in [1.807, 2.05) is 18.2 Å². The van der Waals surface area contributed by atoms with Crippen molar-refractivity contribution in [3.63, 3.8) is 0 Å². The number of benzene rings is 2. The Morgan fingerprint density at radius 3 is 2.63 bits per heavy atom. The second kappa shape index (κ2) is 7.16. The Balaban J connectivity index is 1.60. The number of H-pyrrole nitrogens is 1. The molecular weight excluding hydrogens is 364 g/mol. The van der Waals surface area contributed by atoms with Gasteiger partial charge in [-0.15, -0.1) is 0 Å². The van der Waals surface area contributed by atoms with Gasteiger partial charge in [-0.2, -0.15) is 0 Å². The summed E-state index contributed by atoms with van der Waals surface area (Å²) in [6, 6.07) is 11.2. The average Bonchev–Trinajstić information content (AvgIpc) is 3.04. The van der Waals surface area contributed by atoms with Gasteiger partial charge in [-0.05, 0) is 55.2 Å². The fraction of sp³-hybridized carbons (Fsp3) is 0.286. The molecule has 1 atom stereocenters. The van der Waals surface area contributed by atoms with Gasteiger partial charge in [0.15, 0.2) is 0 Å². The Bertz CT molecular complexity index is 990. The summed E-state index contributed by atoms with van der Waals surface area (Å²) in [7, 11) is 3.10. The smallest absolute Gasteiger partial charge is 0.259 e. The van der Waals surface area contributed by atoms with Crippen molar-refractivity contribution in [1.82, 2.24) is 10.3 Å². The van der Waals surface area contributed by atoms with Crippen LogP contribution in [0, 0.1) is 0 Å². The number of aromatic amines is 1. The standard InChI is InChI=1S/C21H21ClN2O3/c1-26-18-4-3-5-19(27-2)20(18)21(25)23-13-7-9-17-15(11-13)14-10-12(22)6-8-16(14)24-17/h3-6,8,10,13,24H,7,9,11H2,1-2H3,(H,23,25). The molecule has 27 heavy (non-hydrogen) atoms. The van der Waals surface area contributed by atoms with E-state index in [0.29, 0.717) is 22.1 Å². The van der Waals surface area contributed by atoms with Crippen molar-refractivity contribution in [1.29, 1.82) is 0 Å². The lowest BCUT2D eigenvalue weighted by atomic mass is 9.91. The first kappa shape index (κ1) is 17.7. The molecule has 5 nitrogen and oxygen atoms in total. The Labute approximate surface area is 162 Å². The molecule has 1 aromatic heterocycles. The van der Waals surface area contributed by atoms with Crippen LogP contribution in [0.3, 0.4) is 0 Å². The van der Waals surface area contributed by atoms with E-state index in [0.717, 1.165) is 30.2 Å². The third kappa shape index (κ3) is 3.23. The molecule has 1 amide bonds. The summed E-state index contributed by atoms with van der Waals surface area (Å²) in [5.41, 5.74) is 3.97. The number of nitrogens with one attached hydrogen (secondary N) is 2. The Morgan fingerprint density at radius 2 is 1.93 bits per heavy atom. The summed E-state index contributed by atoms with van der Waals surface area (Å²) in [4.78, 5) is 16.4. The molecule has 140 valence electrons. The van der Waals surface area contributed by atoms with Crippen molar-refractivity contribution in [3.05, 3.63) is 58.2 Å². The van der Waals surface area contributed by atoms with E-state index in [9.17, 15) is 4.79 Å². The first-order valence-corrected chi connectivity index (χ1v) is 9.29. The molecular formula is C21H21ClN2O3. The highest BCUT2D eigenvalue weighted by atomic mass is 35.5. The lowest BCUT2D eigenvalue weighted by Gasteiger charge is -2.24. The predicted molar refractivity (Wildman–Crippen MR) is 106 cm³/mol. The number of aryl methyl sites for hydroxylation is 1. The molecule has 0 radical (unpaired) electrons. The van der Waals surface area contributed by atoms with Crippen molar-refractivity contribution in [3.8, 4) is 11.5 Å². The molecule has 0 aliphatic heterocycles. The maximum Gasteiger partial charge on any atom is 0.259 e. The van der Waals surface area contributed by atoms with E-state index in [1.165, 1.54) is 11.3 Å². The summed E-state index contributed by atoms with van der Waals surface area (Å²) < 4.78 is 10.7. The lowest BCUT2D eigenvalue weighted by molar-refractivity contribution is 0.0927. The minimum Gasteiger partial charge on any atom is -0.496 e. The van der Waals surface area contributed by atoms with Gasteiger partial charge in [0.2, 0.25) is 0 Å². The Hall–Kier alpha value is -2.66. The molecule has 2 N–H and O–H groups in total. The number of amides is 1. The van der Waals surface area contributed by atoms with Crippen molar-refractivity contribution < 1.29 is 14.3 Å². The van der Waals surface area contributed by atoms with Crippen LogP contribution in [0.4, 0.5) is 0 Å². The molecule has 3 aromatic rings. The van der Waals surface area contributed by atoms with Crippen LogP contribution in [-0.4, -0.2) is 31.2 Å². The number of carbonyl (C=O) groups is 1. The molecule has 1 heterocycles. The monoisotopic (exact) mass is 384 g/mol. The molecule has 0 saturated carbocycles. The second-order valence-electron chi connectivity index (χ2n) is 6.72. The lowest BCUT2D eigenvalue weighted by Crippen LogP contribution is -2.39. The zero-order valence-electron chi connectivity index (χ0n) is 15.3. The van der Waals surface area contributed by atoms with Crippen molar-refractivity contribution >= 4 is 28.4 Å². The van der Waals surface area contributed by atoms with E-state index in [2.05, 4.69) is 10.3 Å². The normalized spacial score (nSPS) is 16.0. The quantitative estimate of drug-likeness (QED) is 0.711. The minimum absolute atomic E-state index is 0.0394. The highest BCUT2D eigenvalue weighted by Crippen LogP contribution is 2.32. The third-order valence-corrected chi connectivity index (χ3v) is 5.38. The first-order valence-electron chi connectivity index (χ1n) is 8.91. The first-order chi connectivity index (χ1) is 13.1. The van der Waals surface area contributed by atoms with Gasteiger partial charge in [-0.25, -0.2) is 0 Å². The number of ether oxygens (including phenoxy) is 2. The van der Waals surface area contributed by atoms with Crippen molar-refractivity contribution in [2.24, 2.45) is 0 Å².